The van der Waals surface area contributed by atoms with Crippen LogP contribution in [-0.4, -0.2) is 31.3 Å². The molecule has 0 N–H and O–H groups in total. The molecule has 0 unspecified atom stereocenters. The smallest absolute Gasteiger partial charge is 0.314 e. The van der Waals surface area contributed by atoms with E-state index in [0.29, 0.717) is 6.61 Å². The van der Waals surface area contributed by atoms with Crippen LogP contribution in [0.2, 0.25) is 0 Å². The number of hydrogen-bond donors (Lipinski definition) is 0. The van der Waals surface area contributed by atoms with Gasteiger partial charge in [0.25, 0.3) is 0 Å². The third-order valence-electron chi connectivity index (χ3n) is 3.87. The summed E-state index contributed by atoms with van der Waals surface area (Å²) in [5.41, 5.74) is 0.962. The number of cyclic esters (lactones) is 2. The normalized spacial score (nSPS) is 23.1. The van der Waals surface area contributed by atoms with Crippen LogP contribution in [0.1, 0.15) is 37.2 Å². The highest BCUT2D eigenvalue weighted by atomic mass is 16.6. The molecule has 1 aromatic rings. The Morgan fingerprint density at radius 3 is 2.43 bits per heavy atom. The van der Waals surface area contributed by atoms with Gasteiger partial charge in [-0.25, -0.2) is 0 Å². The highest BCUT2D eigenvalue weighted by Crippen LogP contribution is 2.29. The van der Waals surface area contributed by atoms with Crippen LogP contribution in [0.5, 0.6) is 5.75 Å². The number of carbonyl (C=O) groups excluding carboxylic acids is 2. The predicted octanol–water partition coefficient (Wildman–Crippen LogP) is 2.19. The van der Waals surface area contributed by atoms with Crippen LogP contribution >= 0.6 is 0 Å². The maximum absolute atomic E-state index is 11.3. The summed E-state index contributed by atoms with van der Waals surface area (Å²) in [5, 5.41) is 0. The fourth-order valence-corrected chi connectivity index (χ4v) is 2.72. The molecule has 21 heavy (non-hydrogen) atoms. The van der Waals surface area contributed by atoms with Crippen LogP contribution in [0, 0.1) is 0 Å². The summed E-state index contributed by atoms with van der Waals surface area (Å²) in [6.07, 6.45) is 2.84. The zero-order chi connectivity index (χ0) is 14.7. The van der Waals surface area contributed by atoms with Gasteiger partial charge >= 0.3 is 11.9 Å². The molecule has 2 heterocycles. The van der Waals surface area contributed by atoms with Crippen LogP contribution in [0.25, 0.3) is 0 Å². The monoisotopic (exact) mass is 290 g/mol. The molecule has 2 fully saturated rings. The lowest BCUT2D eigenvalue weighted by Gasteiger charge is -2.20. The lowest BCUT2D eigenvalue weighted by atomic mass is 9.91. The van der Waals surface area contributed by atoms with E-state index in [1.807, 2.05) is 24.3 Å². The van der Waals surface area contributed by atoms with Gasteiger partial charge in [-0.2, -0.15) is 0 Å². The van der Waals surface area contributed by atoms with Crippen molar-refractivity contribution in [2.75, 3.05) is 13.2 Å². The Labute approximate surface area is 123 Å². The average Bonchev–Trinajstić information content (AvgIpc) is 2.98. The van der Waals surface area contributed by atoms with E-state index in [4.69, 9.17) is 9.47 Å². The number of rotatable bonds is 4. The summed E-state index contributed by atoms with van der Waals surface area (Å²) in [6, 6.07) is 7.55. The van der Waals surface area contributed by atoms with Gasteiger partial charge in [-0.15, -0.1) is 0 Å². The quantitative estimate of drug-likeness (QED) is 0.628. The molecule has 2 saturated heterocycles. The van der Waals surface area contributed by atoms with Gasteiger partial charge in [0.2, 0.25) is 0 Å². The van der Waals surface area contributed by atoms with E-state index in [1.165, 1.54) is 0 Å². The average molecular weight is 290 g/mol. The minimum atomic E-state index is -0.449. The van der Waals surface area contributed by atoms with E-state index in [2.05, 4.69) is 4.74 Å². The molecule has 2 aliphatic heterocycles. The fraction of sp³-hybridized carbons (Fsp3) is 0.500. The molecule has 0 bridgehead atoms. The molecular formula is C16H18O5. The standard InChI is InChI=1S/C16H18O5/c17-15-8-12(9-16(18)21-15)11-3-5-13(6-4-11)20-10-14-2-1-7-19-14/h3-6,12,14H,1-2,7-10H2/t14-/m0/s1. The largest absolute Gasteiger partial charge is 0.491 e. The molecule has 5 heteroatoms. The first-order chi connectivity index (χ1) is 10.2. The van der Waals surface area contributed by atoms with Crippen molar-refractivity contribution in [2.45, 2.75) is 37.7 Å². The molecule has 0 aromatic heterocycles. The molecular weight excluding hydrogens is 272 g/mol. The number of ether oxygens (including phenoxy) is 3. The van der Waals surface area contributed by atoms with Gasteiger partial charge in [-0.3, -0.25) is 9.59 Å². The molecule has 5 nitrogen and oxygen atoms in total. The Morgan fingerprint density at radius 1 is 1.10 bits per heavy atom. The van der Waals surface area contributed by atoms with Gasteiger partial charge < -0.3 is 14.2 Å². The summed E-state index contributed by atoms with van der Waals surface area (Å²) in [4.78, 5) is 22.6. The zero-order valence-corrected chi connectivity index (χ0v) is 11.7. The number of carbonyl (C=O) groups is 2. The van der Waals surface area contributed by atoms with E-state index < -0.39 is 11.9 Å². The van der Waals surface area contributed by atoms with E-state index >= 15 is 0 Å². The second kappa shape index (κ2) is 6.26. The maximum atomic E-state index is 11.3. The molecule has 0 aliphatic carbocycles. The van der Waals surface area contributed by atoms with Crippen LogP contribution in [0.15, 0.2) is 24.3 Å². The first-order valence-electron chi connectivity index (χ1n) is 7.28. The topological polar surface area (TPSA) is 61.8 Å². The van der Waals surface area contributed by atoms with E-state index in [9.17, 15) is 9.59 Å². The van der Waals surface area contributed by atoms with Crippen LogP contribution in [-0.2, 0) is 19.1 Å². The van der Waals surface area contributed by atoms with Crippen LogP contribution in [0.4, 0.5) is 0 Å². The Morgan fingerprint density at radius 2 is 1.81 bits per heavy atom. The summed E-state index contributed by atoms with van der Waals surface area (Å²) in [6.45, 7) is 1.38. The SMILES string of the molecule is O=C1CC(c2ccc(OC[C@@H]3CCCO3)cc2)CC(=O)O1. The van der Waals surface area contributed by atoms with Crippen molar-refractivity contribution < 1.29 is 23.8 Å². The molecule has 112 valence electrons. The first-order valence-corrected chi connectivity index (χ1v) is 7.28. The lowest BCUT2D eigenvalue weighted by molar-refractivity contribution is -0.163. The van der Waals surface area contributed by atoms with Gasteiger partial charge in [0, 0.05) is 12.5 Å². The van der Waals surface area contributed by atoms with Gasteiger partial charge in [0.15, 0.2) is 0 Å². The van der Waals surface area contributed by atoms with Gasteiger partial charge in [0.1, 0.15) is 12.4 Å². The molecule has 1 aromatic carbocycles. The first kappa shape index (κ1) is 14.1. The van der Waals surface area contributed by atoms with Crippen molar-refractivity contribution in [3.8, 4) is 5.75 Å². The van der Waals surface area contributed by atoms with Crippen LogP contribution < -0.4 is 4.74 Å². The molecule has 3 rings (SSSR count). The van der Waals surface area contributed by atoms with Crippen molar-refractivity contribution in [1.82, 2.24) is 0 Å². The highest BCUT2D eigenvalue weighted by molar-refractivity contribution is 5.89. The zero-order valence-electron chi connectivity index (χ0n) is 11.7. The Kier molecular flexibility index (Phi) is 4.20. The molecule has 0 amide bonds. The van der Waals surface area contributed by atoms with Crippen molar-refractivity contribution in [3.63, 3.8) is 0 Å². The molecule has 2 aliphatic rings. The minimum absolute atomic E-state index is 0.0917. The van der Waals surface area contributed by atoms with Crippen LogP contribution in [0.3, 0.4) is 0 Å². The maximum Gasteiger partial charge on any atom is 0.314 e. The number of benzene rings is 1. The molecule has 0 spiro atoms. The predicted molar refractivity (Wildman–Crippen MR) is 74.0 cm³/mol. The molecule has 1 atom stereocenters. The van der Waals surface area contributed by atoms with Crippen molar-refractivity contribution in [2.24, 2.45) is 0 Å². The van der Waals surface area contributed by atoms with Gasteiger partial charge in [-0.1, -0.05) is 12.1 Å². The second-order valence-corrected chi connectivity index (χ2v) is 5.47. The van der Waals surface area contributed by atoms with E-state index in [1.54, 1.807) is 0 Å². The third kappa shape index (κ3) is 3.61. The minimum Gasteiger partial charge on any atom is -0.491 e. The van der Waals surface area contributed by atoms with Crippen molar-refractivity contribution >= 4 is 11.9 Å². The summed E-state index contributed by atoms with van der Waals surface area (Å²) in [7, 11) is 0. The fourth-order valence-electron chi connectivity index (χ4n) is 2.72. The molecule has 0 radical (unpaired) electrons. The van der Waals surface area contributed by atoms with Crippen molar-refractivity contribution in [1.29, 1.82) is 0 Å². The van der Waals surface area contributed by atoms with Gasteiger partial charge in [0.05, 0.1) is 18.9 Å². The Balaban J connectivity index is 1.58. The number of hydrogen-bond acceptors (Lipinski definition) is 5. The Bertz CT molecular complexity index is 500. The molecule has 0 saturated carbocycles. The van der Waals surface area contributed by atoms with E-state index in [-0.39, 0.29) is 24.9 Å². The summed E-state index contributed by atoms with van der Waals surface area (Å²) < 4.78 is 15.7. The van der Waals surface area contributed by atoms with E-state index in [0.717, 1.165) is 30.8 Å². The third-order valence-corrected chi connectivity index (χ3v) is 3.87. The second-order valence-electron chi connectivity index (χ2n) is 5.47. The van der Waals surface area contributed by atoms with Gasteiger partial charge in [-0.05, 0) is 30.5 Å². The number of esters is 2. The summed E-state index contributed by atoms with van der Waals surface area (Å²) in [5.74, 6) is -0.213. The highest BCUT2D eigenvalue weighted by Gasteiger charge is 2.28. The lowest BCUT2D eigenvalue weighted by Crippen LogP contribution is -2.24. The van der Waals surface area contributed by atoms with Crippen molar-refractivity contribution in [3.05, 3.63) is 29.8 Å². The Hall–Kier alpha value is -1.88. The summed E-state index contributed by atoms with van der Waals surface area (Å²) >= 11 is 0.